The van der Waals surface area contributed by atoms with Gasteiger partial charge in [-0.2, -0.15) is 0 Å². The lowest BCUT2D eigenvalue weighted by Crippen LogP contribution is -2.29. The van der Waals surface area contributed by atoms with Crippen LogP contribution in [0.2, 0.25) is 0 Å². The van der Waals surface area contributed by atoms with Gasteiger partial charge in [0.1, 0.15) is 12.7 Å². The second-order valence-electron chi connectivity index (χ2n) is 15.3. The molecule has 0 aliphatic heterocycles. The first-order valence-corrected chi connectivity index (χ1v) is 23.3. The minimum Gasteiger partial charge on any atom is -0.462 e. The van der Waals surface area contributed by atoms with Crippen molar-refractivity contribution in [3.8, 4) is 0 Å². The van der Waals surface area contributed by atoms with Crippen molar-refractivity contribution in [2.75, 3.05) is 26.4 Å². The van der Waals surface area contributed by atoms with Crippen LogP contribution < -0.4 is 0 Å². The molecule has 0 spiro atoms. The third kappa shape index (κ3) is 28.3. The van der Waals surface area contributed by atoms with E-state index in [1.807, 2.05) is 6.08 Å². The number of phosphoric ester groups is 1. The minimum atomic E-state index is -4.68. The van der Waals surface area contributed by atoms with Gasteiger partial charge in [-0.3, -0.25) is 18.6 Å². The van der Waals surface area contributed by atoms with Crippen molar-refractivity contribution >= 4 is 19.8 Å². The average Bonchev–Trinajstić information content (AvgIpc) is 3.47. The zero-order chi connectivity index (χ0) is 42.9. The van der Waals surface area contributed by atoms with E-state index in [0.717, 1.165) is 83.5 Å². The van der Waals surface area contributed by atoms with Gasteiger partial charge in [0, 0.05) is 25.2 Å². The van der Waals surface area contributed by atoms with Gasteiger partial charge >= 0.3 is 19.8 Å². The summed E-state index contributed by atoms with van der Waals surface area (Å²) in [5.74, 6) is -1.43. The molecular formula is C44H77O13P. The Labute approximate surface area is 348 Å². The molecule has 58 heavy (non-hydrogen) atoms. The van der Waals surface area contributed by atoms with E-state index < -0.39 is 70.1 Å². The lowest BCUT2D eigenvalue weighted by Gasteiger charge is -2.21. The second kappa shape index (κ2) is 34.5. The number of rotatable bonds is 36. The van der Waals surface area contributed by atoms with Crippen molar-refractivity contribution in [2.45, 2.75) is 179 Å². The molecule has 13 nitrogen and oxygen atoms in total. The van der Waals surface area contributed by atoms with Crippen LogP contribution in [0.3, 0.4) is 0 Å². The summed E-state index contributed by atoms with van der Waals surface area (Å²) in [5.41, 5.74) is 0. The molecule has 0 saturated heterocycles. The minimum absolute atomic E-state index is 0.0518. The van der Waals surface area contributed by atoms with Gasteiger partial charge < -0.3 is 39.9 Å². The highest BCUT2D eigenvalue weighted by molar-refractivity contribution is 7.47. The Hall–Kier alpha value is -2.19. The third-order valence-electron chi connectivity index (χ3n) is 10.1. The smallest absolute Gasteiger partial charge is 0.462 e. The predicted molar refractivity (Wildman–Crippen MR) is 226 cm³/mol. The molecule has 336 valence electrons. The molecule has 1 aliphatic carbocycles. The molecule has 8 atom stereocenters. The van der Waals surface area contributed by atoms with Crippen molar-refractivity contribution in [1.29, 1.82) is 0 Å². The first-order valence-electron chi connectivity index (χ1n) is 21.9. The van der Waals surface area contributed by atoms with Crippen LogP contribution in [0.4, 0.5) is 0 Å². The van der Waals surface area contributed by atoms with E-state index in [9.17, 15) is 39.5 Å². The van der Waals surface area contributed by atoms with Gasteiger partial charge in [0.05, 0.1) is 38.1 Å². The highest BCUT2D eigenvalue weighted by Gasteiger charge is 2.39. The Kier molecular flexibility index (Phi) is 32.0. The summed E-state index contributed by atoms with van der Waals surface area (Å²) in [5, 5.41) is 49.7. The van der Waals surface area contributed by atoms with Gasteiger partial charge in [-0.05, 0) is 63.7 Å². The number of esters is 2. The van der Waals surface area contributed by atoms with Crippen molar-refractivity contribution in [1.82, 2.24) is 0 Å². The molecule has 1 saturated carbocycles. The molecule has 0 heterocycles. The fourth-order valence-electron chi connectivity index (χ4n) is 6.69. The molecule has 0 radical (unpaired) electrons. The predicted octanol–water partition coefficient (Wildman–Crippen LogP) is 7.71. The van der Waals surface area contributed by atoms with E-state index in [1.165, 1.54) is 0 Å². The number of carbonyl (C=O) groups is 2. The van der Waals surface area contributed by atoms with Gasteiger partial charge in [-0.15, -0.1) is 0 Å². The number of hydrogen-bond donors (Lipinski definition) is 6. The van der Waals surface area contributed by atoms with E-state index in [2.05, 4.69) is 54.8 Å². The average molecular weight is 845 g/mol. The monoisotopic (exact) mass is 845 g/mol. The van der Waals surface area contributed by atoms with Gasteiger partial charge in [-0.1, -0.05) is 120 Å². The Morgan fingerprint density at radius 3 is 2.05 bits per heavy atom. The summed E-state index contributed by atoms with van der Waals surface area (Å²) in [4.78, 5) is 35.2. The van der Waals surface area contributed by atoms with E-state index in [1.54, 1.807) is 6.08 Å². The highest BCUT2D eigenvalue weighted by Crippen LogP contribution is 2.43. The van der Waals surface area contributed by atoms with Crippen LogP contribution in [-0.4, -0.2) is 99.3 Å². The second-order valence-corrected chi connectivity index (χ2v) is 16.8. The number of aliphatic hydroxyl groups excluding tert-OH is 5. The standard InChI is InChI=1S/C44H77O13P/c1-3-5-7-8-9-10-11-12-13-14-15-16-17-18-23-27-43(50)54-34-38(35-56-58(52,53)55-33-37(47)32-45)57-44(51)28-24-20-19-22-26-39-40(42(49)31-41(39)48)30-29-36(46)25-21-6-4-2/h5,7,9-10,12-13,29-30,36-42,45-49H,3-4,6,8,11,14-28,31-35H2,1-2H3,(H,52,53)/b7-5-,10-9-,13-12-,30-29+/t36-,37-,38+,39+,40+,41-,42+/m0/s1. The molecule has 1 unspecified atom stereocenters. The summed E-state index contributed by atoms with van der Waals surface area (Å²) in [6.45, 7) is 1.89. The zero-order valence-electron chi connectivity index (χ0n) is 35.3. The highest BCUT2D eigenvalue weighted by atomic mass is 31.2. The van der Waals surface area contributed by atoms with Crippen molar-refractivity contribution in [2.24, 2.45) is 11.8 Å². The first-order chi connectivity index (χ1) is 27.9. The maximum Gasteiger partial charge on any atom is 0.472 e. The maximum atomic E-state index is 12.7. The number of hydrogen-bond acceptors (Lipinski definition) is 12. The zero-order valence-corrected chi connectivity index (χ0v) is 36.2. The molecule has 1 aliphatic rings. The van der Waals surface area contributed by atoms with Crippen molar-refractivity contribution in [3.05, 3.63) is 48.6 Å². The van der Waals surface area contributed by atoms with Crippen LogP contribution in [0.15, 0.2) is 48.6 Å². The summed E-state index contributed by atoms with van der Waals surface area (Å²) in [6, 6.07) is 0. The fourth-order valence-corrected chi connectivity index (χ4v) is 7.48. The Bertz CT molecular complexity index is 1220. The van der Waals surface area contributed by atoms with Crippen LogP contribution in [0.1, 0.15) is 149 Å². The topological polar surface area (TPSA) is 210 Å². The SMILES string of the molecule is CC/C=C\C/C=C\C/C=C\CCCCCCCC(=O)OC[C@H](COP(=O)(O)OC[C@@H](O)CO)OC(=O)CCCCCC[C@@H]1[C@@H](/C=C/[C@@H](O)CCCCC)[C@H](O)C[C@@H]1O. The van der Waals surface area contributed by atoms with E-state index in [-0.39, 0.29) is 31.3 Å². The molecule has 0 aromatic carbocycles. The van der Waals surface area contributed by atoms with Crippen LogP contribution in [0.25, 0.3) is 0 Å². The third-order valence-corrected chi connectivity index (χ3v) is 11.0. The molecule has 6 N–H and O–H groups in total. The van der Waals surface area contributed by atoms with Crippen molar-refractivity contribution < 1.29 is 63.1 Å². The number of phosphoric acid groups is 1. The van der Waals surface area contributed by atoms with Gasteiger partial charge in [0.25, 0.3) is 0 Å². The molecule has 0 aromatic heterocycles. The molecule has 14 heteroatoms. The first kappa shape index (κ1) is 53.8. The van der Waals surface area contributed by atoms with E-state index in [4.69, 9.17) is 19.1 Å². The number of allylic oxidation sites excluding steroid dienone is 6. The lowest BCUT2D eigenvalue weighted by atomic mass is 9.88. The Balaban J connectivity index is 2.46. The number of unbranched alkanes of at least 4 members (excludes halogenated alkanes) is 10. The Morgan fingerprint density at radius 2 is 1.36 bits per heavy atom. The van der Waals surface area contributed by atoms with Gasteiger partial charge in [-0.25, -0.2) is 4.57 Å². The van der Waals surface area contributed by atoms with E-state index >= 15 is 0 Å². The quantitative estimate of drug-likeness (QED) is 0.0155. The lowest BCUT2D eigenvalue weighted by molar-refractivity contribution is -0.161. The molecule has 0 amide bonds. The molecule has 0 bridgehead atoms. The Morgan fingerprint density at radius 1 is 0.741 bits per heavy atom. The molecular weight excluding hydrogens is 767 g/mol. The molecule has 1 rings (SSSR count). The van der Waals surface area contributed by atoms with E-state index in [0.29, 0.717) is 38.5 Å². The summed E-state index contributed by atoms with van der Waals surface area (Å²) < 4.78 is 32.7. The van der Waals surface area contributed by atoms with Crippen LogP contribution in [0.5, 0.6) is 0 Å². The summed E-state index contributed by atoms with van der Waals surface area (Å²) in [6.07, 6.45) is 28.5. The fraction of sp³-hybridized carbons (Fsp3) is 0.773. The summed E-state index contributed by atoms with van der Waals surface area (Å²) >= 11 is 0. The number of ether oxygens (including phenoxy) is 2. The number of aliphatic hydroxyl groups is 5. The largest absolute Gasteiger partial charge is 0.472 e. The van der Waals surface area contributed by atoms with Gasteiger partial charge in [0.15, 0.2) is 6.10 Å². The van der Waals surface area contributed by atoms with Crippen LogP contribution >= 0.6 is 7.82 Å². The molecule has 1 fully saturated rings. The van der Waals surface area contributed by atoms with Crippen LogP contribution in [0, 0.1) is 11.8 Å². The van der Waals surface area contributed by atoms with Gasteiger partial charge in [0.2, 0.25) is 0 Å². The normalized spacial score (nSPS) is 21.3. The maximum absolute atomic E-state index is 12.7. The van der Waals surface area contributed by atoms with Crippen LogP contribution in [-0.2, 0) is 32.7 Å². The summed E-state index contributed by atoms with van der Waals surface area (Å²) in [7, 11) is -4.68. The molecule has 0 aromatic rings. The number of carbonyl (C=O) groups excluding carboxylic acids is 2. The van der Waals surface area contributed by atoms with Crippen molar-refractivity contribution in [3.63, 3.8) is 0 Å².